The van der Waals surface area contributed by atoms with Crippen molar-refractivity contribution in [2.45, 2.75) is 0 Å². The van der Waals surface area contributed by atoms with Crippen molar-refractivity contribution in [3.8, 4) is 16.9 Å². The number of benzene rings is 2. The summed E-state index contributed by atoms with van der Waals surface area (Å²) in [6.07, 6.45) is 1.57. The fourth-order valence-corrected chi connectivity index (χ4v) is 2.65. The molecular weight excluding hydrogens is 345 g/mol. The molecule has 0 radical (unpaired) electrons. The Balaban J connectivity index is 1.90. The predicted molar refractivity (Wildman–Crippen MR) is 100 cm³/mol. The molecule has 0 aliphatic carbocycles. The SMILES string of the molecule is O=c1c(N=Nc2ccccn2)c(-c2ccccc2F)[nH]n1-c1ccccc1. The fraction of sp³-hybridized carbons (Fsp3) is 0. The van der Waals surface area contributed by atoms with Gasteiger partial charge < -0.3 is 0 Å². The molecule has 4 rings (SSSR count). The lowest BCUT2D eigenvalue weighted by atomic mass is 10.1. The zero-order chi connectivity index (χ0) is 18.6. The second kappa shape index (κ2) is 7.17. The summed E-state index contributed by atoms with van der Waals surface area (Å²) in [4.78, 5) is 17.0. The second-order valence-electron chi connectivity index (χ2n) is 5.68. The number of pyridine rings is 1. The number of azo groups is 1. The van der Waals surface area contributed by atoms with Gasteiger partial charge in [-0.1, -0.05) is 36.4 Å². The number of aromatic nitrogens is 3. The van der Waals surface area contributed by atoms with Crippen molar-refractivity contribution < 1.29 is 4.39 Å². The Morgan fingerprint density at radius 3 is 2.37 bits per heavy atom. The first-order valence-electron chi connectivity index (χ1n) is 8.22. The van der Waals surface area contributed by atoms with Gasteiger partial charge in [0.05, 0.1) is 11.4 Å². The zero-order valence-electron chi connectivity index (χ0n) is 14.1. The third-order valence-electron chi connectivity index (χ3n) is 3.93. The first-order chi connectivity index (χ1) is 13.2. The third-order valence-corrected chi connectivity index (χ3v) is 3.93. The molecule has 7 heteroatoms. The fourth-order valence-electron chi connectivity index (χ4n) is 2.65. The topological polar surface area (TPSA) is 75.4 Å². The smallest absolute Gasteiger partial charge is 0.288 e. The number of aromatic amines is 1. The maximum atomic E-state index is 14.3. The number of nitrogens with zero attached hydrogens (tertiary/aromatic N) is 4. The number of rotatable bonds is 4. The minimum Gasteiger partial charge on any atom is -0.288 e. The lowest BCUT2D eigenvalue weighted by Gasteiger charge is -2.02. The van der Waals surface area contributed by atoms with Gasteiger partial charge in [-0.3, -0.25) is 9.89 Å². The van der Waals surface area contributed by atoms with Crippen molar-refractivity contribution in [2.75, 3.05) is 0 Å². The maximum absolute atomic E-state index is 14.3. The van der Waals surface area contributed by atoms with Crippen LogP contribution in [0, 0.1) is 5.82 Å². The Labute approximate surface area is 153 Å². The van der Waals surface area contributed by atoms with Gasteiger partial charge in [-0.2, -0.15) is 0 Å². The van der Waals surface area contributed by atoms with Crippen molar-refractivity contribution in [1.82, 2.24) is 14.8 Å². The summed E-state index contributed by atoms with van der Waals surface area (Å²) in [6.45, 7) is 0. The molecule has 2 heterocycles. The van der Waals surface area contributed by atoms with Gasteiger partial charge in [0.25, 0.3) is 5.56 Å². The lowest BCUT2D eigenvalue weighted by Crippen LogP contribution is -2.13. The highest BCUT2D eigenvalue weighted by molar-refractivity contribution is 5.72. The highest BCUT2D eigenvalue weighted by atomic mass is 19.1. The third kappa shape index (κ3) is 3.30. The van der Waals surface area contributed by atoms with Gasteiger partial charge in [0.15, 0.2) is 11.5 Å². The van der Waals surface area contributed by atoms with E-state index in [4.69, 9.17) is 0 Å². The van der Waals surface area contributed by atoms with Crippen molar-refractivity contribution >= 4 is 11.5 Å². The van der Waals surface area contributed by atoms with E-state index in [1.807, 2.05) is 6.07 Å². The van der Waals surface area contributed by atoms with Gasteiger partial charge in [-0.15, -0.1) is 10.2 Å². The van der Waals surface area contributed by atoms with Crippen LogP contribution >= 0.6 is 0 Å². The summed E-state index contributed by atoms with van der Waals surface area (Å²) < 4.78 is 15.7. The van der Waals surface area contributed by atoms with Gasteiger partial charge in [0.2, 0.25) is 0 Å². The average Bonchev–Trinajstić information content (AvgIpc) is 3.04. The van der Waals surface area contributed by atoms with Crippen LogP contribution in [0.15, 0.2) is 94.0 Å². The molecule has 2 aromatic carbocycles. The van der Waals surface area contributed by atoms with Crippen LogP contribution in [0.4, 0.5) is 15.9 Å². The average molecular weight is 359 g/mol. The molecule has 0 spiro atoms. The van der Waals surface area contributed by atoms with E-state index >= 15 is 0 Å². The zero-order valence-corrected chi connectivity index (χ0v) is 14.1. The van der Waals surface area contributed by atoms with E-state index in [2.05, 4.69) is 20.3 Å². The molecular formula is C20H14FN5O. The number of nitrogens with one attached hydrogen (secondary N) is 1. The van der Waals surface area contributed by atoms with Gasteiger partial charge in [0.1, 0.15) is 5.82 Å². The van der Waals surface area contributed by atoms with Crippen molar-refractivity contribution in [3.63, 3.8) is 0 Å². The van der Waals surface area contributed by atoms with E-state index in [1.165, 1.54) is 10.7 Å². The molecule has 0 aliphatic rings. The van der Waals surface area contributed by atoms with Crippen molar-refractivity contribution in [2.24, 2.45) is 10.2 Å². The van der Waals surface area contributed by atoms with Crippen LogP contribution in [0.5, 0.6) is 0 Å². The number of hydrogen-bond donors (Lipinski definition) is 1. The van der Waals surface area contributed by atoms with Crippen LogP contribution in [0.1, 0.15) is 0 Å². The minimum absolute atomic E-state index is 0.00889. The predicted octanol–water partition coefficient (Wildman–Crippen LogP) is 4.78. The van der Waals surface area contributed by atoms with Crippen LogP contribution in [-0.4, -0.2) is 14.8 Å². The molecule has 0 aliphatic heterocycles. The summed E-state index contributed by atoms with van der Waals surface area (Å²) in [5.41, 5.74) is 0.675. The molecule has 0 fully saturated rings. The molecule has 1 N–H and O–H groups in total. The number of H-pyrrole nitrogens is 1. The van der Waals surface area contributed by atoms with Gasteiger partial charge >= 0.3 is 0 Å². The molecule has 6 nitrogen and oxygen atoms in total. The molecule has 4 aromatic rings. The van der Waals surface area contributed by atoms with Crippen LogP contribution in [0.25, 0.3) is 16.9 Å². The highest BCUT2D eigenvalue weighted by Crippen LogP contribution is 2.29. The van der Waals surface area contributed by atoms with Crippen LogP contribution in [0.3, 0.4) is 0 Å². The molecule has 2 aromatic heterocycles. The monoisotopic (exact) mass is 359 g/mol. The summed E-state index contributed by atoms with van der Waals surface area (Å²) >= 11 is 0. The van der Waals surface area contributed by atoms with E-state index in [0.29, 0.717) is 11.5 Å². The maximum Gasteiger partial charge on any atom is 0.299 e. The molecule has 0 saturated carbocycles. The molecule has 27 heavy (non-hydrogen) atoms. The Hall–Kier alpha value is -3.87. The number of halogens is 1. The second-order valence-corrected chi connectivity index (χ2v) is 5.68. The Morgan fingerprint density at radius 2 is 1.63 bits per heavy atom. The highest BCUT2D eigenvalue weighted by Gasteiger charge is 2.19. The van der Waals surface area contributed by atoms with E-state index < -0.39 is 11.4 Å². The Kier molecular flexibility index (Phi) is 4.40. The summed E-state index contributed by atoms with van der Waals surface area (Å²) in [5, 5.41) is 11.0. The lowest BCUT2D eigenvalue weighted by molar-refractivity contribution is 0.630. The number of hydrogen-bond acceptors (Lipinski definition) is 4. The quantitative estimate of drug-likeness (QED) is 0.532. The minimum atomic E-state index is -0.465. The summed E-state index contributed by atoms with van der Waals surface area (Å²) in [6, 6.07) is 20.3. The molecule has 0 amide bonds. The first-order valence-corrected chi connectivity index (χ1v) is 8.22. The van der Waals surface area contributed by atoms with Gasteiger partial charge in [0, 0.05) is 11.8 Å². The molecule has 0 atom stereocenters. The van der Waals surface area contributed by atoms with E-state index in [1.54, 1.807) is 66.9 Å². The largest absolute Gasteiger partial charge is 0.299 e. The van der Waals surface area contributed by atoms with Gasteiger partial charge in [-0.25, -0.2) is 14.1 Å². The summed E-state index contributed by atoms with van der Waals surface area (Å²) in [7, 11) is 0. The van der Waals surface area contributed by atoms with Crippen LogP contribution < -0.4 is 5.56 Å². The molecule has 0 bridgehead atoms. The van der Waals surface area contributed by atoms with E-state index in [0.717, 1.165) is 0 Å². The molecule has 0 unspecified atom stereocenters. The van der Waals surface area contributed by atoms with Crippen molar-refractivity contribution in [1.29, 1.82) is 0 Å². The van der Waals surface area contributed by atoms with Crippen molar-refractivity contribution in [3.05, 3.63) is 95.2 Å². The van der Waals surface area contributed by atoms with Crippen LogP contribution in [-0.2, 0) is 0 Å². The Bertz CT molecular complexity index is 1150. The number of para-hydroxylation sites is 1. The van der Waals surface area contributed by atoms with Crippen LogP contribution in [0.2, 0.25) is 0 Å². The van der Waals surface area contributed by atoms with E-state index in [-0.39, 0.29) is 16.9 Å². The normalized spacial score (nSPS) is 11.1. The first kappa shape index (κ1) is 16.6. The molecule has 0 saturated heterocycles. The standard InChI is InChI=1S/C20H14FN5O/c21-16-11-5-4-10-15(16)18-19(24-23-17-12-6-7-13-22-17)20(27)26(25-18)14-8-2-1-3-9-14/h1-13,25H. The summed E-state index contributed by atoms with van der Waals surface area (Å²) in [5.74, 6) is -0.114. The van der Waals surface area contributed by atoms with Gasteiger partial charge in [-0.05, 0) is 36.4 Å². The molecule has 132 valence electrons. The Morgan fingerprint density at radius 1 is 0.889 bits per heavy atom. The van der Waals surface area contributed by atoms with E-state index in [9.17, 15) is 9.18 Å².